The molecule has 2 aliphatic heterocycles. The lowest BCUT2D eigenvalue weighted by molar-refractivity contribution is -0.315. The molecule has 0 spiro atoms. The van der Waals surface area contributed by atoms with Crippen molar-refractivity contribution in [3.63, 3.8) is 0 Å². The zero-order valence-electron chi connectivity index (χ0n) is 10.1. The van der Waals surface area contributed by atoms with Crippen molar-refractivity contribution in [2.75, 3.05) is 0 Å². The quantitative estimate of drug-likeness (QED) is 0.360. The summed E-state index contributed by atoms with van der Waals surface area (Å²) in [4.78, 5) is 45.4. The fourth-order valence-electron chi connectivity index (χ4n) is 1.61. The minimum atomic E-state index is -2.11. The van der Waals surface area contributed by atoms with Crippen molar-refractivity contribution in [2.45, 2.75) is 37.4 Å². The molecule has 0 aromatic rings. The highest BCUT2D eigenvalue weighted by Crippen LogP contribution is 2.20. The van der Waals surface area contributed by atoms with Crippen LogP contribution in [-0.4, -0.2) is 80.9 Å². The van der Waals surface area contributed by atoms with Crippen molar-refractivity contribution in [2.24, 2.45) is 0 Å². The van der Waals surface area contributed by atoms with Crippen molar-refractivity contribution in [3.8, 4) is 0 Å². The van der Waals surface area contributed by atoms with Crippen LogP contribution in [0.25, 0.3) is 0 Å². The van der Waals surface area contributed by atoms with Crippen LogP contribution in [0.1, 0.15) is 0 Å². The highest BCUT2D eigenvalue weighted by molar-refractivity contribution is 6.41. The van der Waals surface area contributed by atoms with E-state index in [1.54, 1.807) is 0 Å². The zero-order valence-corrected chi connectivity index (χ0v) is 10.1. The van der Waals surface area contributed by atoms with Gasteiger partial charge < -0.3 is 34.6 Å². The average Bonchev–Trinajstić information content (AvgIpc) is 2.45. The van der Waals surface area contributed by atoms with Crippen LogP contribution in [0, 0.1) is 0 Å². The third-order valence-corrected chi connectivity index (χ3v) is 2.76. The van der Waals surface area contributed by atoms with Gasteiger partial charge in [-0.1, -0.05) is 0 Å². The fraction of sp³-hybridized carbons (Fsp3) is 0.600. The highest BCUT2D eigenvalue weighted by Gasteiger charge is 2.49. The SMILES string of the molecule is O=C1C(=O)C(O)C(O)OC1OC1OC(O)C(O)C(=O)C1=O. The number of ketones is 4. The van der Waals surface area contributed by atoms with Gasteiger partial charge in [-0.2, -0.15) is 0 Å². The smallest absolute Gasteiger partial charge is 0.257 e. The van der Waals surface area contributed by atoms with Gasteiger partial charge in [0.25, 0.3) is 11.6 Å². The Morgan fingerprint density at radius 3 is 1.33 bits per heavy atom. The van der Waals surface area contributed by atoms with Crippen LogP contribution in [0.2, 0.25) is 0 Å². The maximum atomic E-state index is 11.5. The van der Waals surface area contributed by atoms with Crippen LogP contribution in [0.3, 0.4) is 0 Å². The monoisotopic (exact) mass is 306 g/mol. The van der Waals surface area contributed by atoms with E-state index < -0.39 is 60.5 Å². The van der Waals surface area contributed by atoms with E-state index in [1.807, 2.05) is 0 Å². The average molecular weight is 306 g/mol. The molecule has 2 saturated heterocycles. The molecule has 11 heteroatoms. The second-order valence-corrected chi connectivity index (χ2v) is 4.20. The molecule has 21 heavy (non-hydrogen) atoms. The van der Waals surface area contributed by atoms with Gasteiger partial charge in [0.1, 0.15) is 0 Å². The number of ether oxygens (including phenoxy) is 3. The molecule has 0 bridgehead atoms. The summed E-state index contributed by atoms with van der Waals surface area (Å²) in [5, 5.41) is 36.5. The first-order valence-corrected chi connectivity index (χ1v) is 5.58. The number of hydrogen-bond acceptors (Lipinski definition) is 11. The van der Waals surface area contributed by atoms with Crippen LogP contribution in [0.15, 0.2) is 0 Å². The predicted octanol–water partition coefficient (Wildman–Crippen LogP) is -4.65. The van der Waals surface area contributed by atoms with E-state index in [4.69, 9.17) is 10.2 Å². The molecule has 4 N–H and O–H groups in total. The van der Waals surface area contributed by atoms with Gasteiger partial charge >= 0.3 is 0 Å². The van der Waals surface area contributed by atoms with Crippen LogP contribution in [0.4, 0.5) is 0 Å². The lowest BCUT2D eigenvalue weighted by atomic mass is 10.1. The van der Waals surface area contributed by atoms with Crippen molar-refractivity contribution < 1.29 is 53.8 Å². The highest BCUT2D eigenvalue weighted by atomic mass is 16.8. The number of carbonyl (C=O) groups excluding carboxylic acids is 4. The number of Topliss-reactive ketones (excluding diaryl/α,β-unsaturated/α-hetero) is 4. The molecule has 11 nitrogen and oxygen atoms in total. The van der Waals surface area contributed by atoms with Gasteiger partial charge in [-0.05, 0) is 0 Å². The molecule has 2 heterocycles. The molecule has 116 valence electrons. The molecular weight excluding hydrogens is 296 g/mol. The normalized spacial score (nSPS) is 41.5. The minimum Gasteiger partial charge on any atom is -0.380 e. The Balaban J connectivity index is 2.11. The lowest BCUT2D eigenvalue weighted by Crippen LogP contribution is -2.58. The number of hydrogen-bond donors (Lipinski definition) is 4. The van der Waals surface area contributed by atoms with Crippen molar-refractivity contribution in [1.82, 2.24) is 0 Å². The topological polar surface area (TPSA) is 177 Å². The summed E-state index contributed by atoms with van der Waals surface area (Å²) in [7, 11) is 0. The van der Waals surface area contributed by atoms with E-state index in [2.05, 4.69) is 14.2 Å². The second kappa shape index (κ2) is 5.65. The molecule has 6 atom stereocenters. The largest absolute Gasteiger partial charge is 0.380 e. The Morgan fingerprint density at radius 2 is 1.00 bits per heavy atom. The van der Waals surface area contributed by atoms with Gasteiger partial charge in [-0.25, -0.2) is 0 Å². The first-order valence-electron chi connectivity index (χ1n) is 5.58. The van der Waals surface area contributed by atoms with Crippen LogP contribution >= 0.6 is 0 Å². The molecule has 2 fully saturated rings. The van der Waals surface area contributed by atoms with E-state index in [0.29, 0.717) is 0 Å². The maximum Gasteiger partial charge on any atom is 0.257 e. The molecule has 0 saturated carbocycles. The lowest BCUT2D eigenvalue weighted by Gasteiger charge is -2.33. The number of rotatable bonds is 2. The number of aliphatic hydroxyl groups excluding tert-OH is 4. The van der Waals surface area contributed by atoms with Gasteiger partial charge in [0.05, 0.1) is 0 Å². The Kier molecular flexibility index (Phi) is 4.25. The Bertz CT molecular complexity index is 455. The second-order valence-electron chi connectivity index (χ2n) is 4.20. The predicted molar refractivity (Wildman–Crippen MR) is 54.9 cm³/mol. The summed E-state index contributed by atoms with van der Waals surface area (Å²) < 4.78 is 13.5. The Labute approximate surface area is 115 Å². The maximum absolute atomic E-state index is 11.5. The molecule has 0 aliphatic carbocycles. The zero-order chi connectivity index (χ0) is 15.9. The van der Waals surface area contributed by atoms with Crippen molar-refractivity contribution in [3.05, 3.63) is 0 Å². The molecule has 0 aromatic heterocycles. The fourth-order valence-corrected chi connectivity index (χ4v) is 1.61. The van der Waals surface area contributed by atoms with E-state index in [-0.39, 0.29) is 0 Å². The molecule has 2 aliphatic rings. The van der Waals surface area contributed by atoms with Crippen molar-refractivity contribution >= 4 is 23.1 Å². The molecule has 0 amide bonds. The molecule has 2 rings (SSSR count). The third-order valence-electron chi connectivity index (χ3n) is 2.76. The van der Waals surface area contributed by atoms with Gasteiger partial charge in [-0.15, -0.1) is 0 Å². The third kappa shape index (κ3) is 2.75. The standard InChI is InChI=1S/C10H10O11/c11-1-3(13)7(17)19-9(5(1)15)21-10-6(16)2(12)4(14)8(18)20-10/h3-4,7-10,13-14,17-18H. The summed E-state index contributed by atoms with van der Waals surface area (Å²) in [6, 6.07) is 0. The Morgan fingerprint density at radius 1 is 0.667 bits per heavy atom. The van der Waals surface area contributed by atoms with Crippen molar-refractivity contribution in [1.29, 1.82) is 0 Å². The summed E-state index contributed by atoms with van der Waals surface area (Å²) in [5.41, 5.74) is 0. The van der Waals surface area contributed by atoms with E-state index >= 15 is 0 Å². The summed E-state index contributed by atoms with van der Waals surface area (Å²) in [5.74, 6) is -5.68. The van der Waals surface area contributed by atoms with Gasteiger partial charge in [0.2, 0.25) is 24.1 Å². The first-order chi connectivity index (χ1) is 9.73. The van der Waals surface area contributed by atoms with Gasteiger partial charge in [0, 0.05) is 0 Å². The molecule has 0 radical (unpaired) electrons. The summed E-state index contributed by atoms with van der Waals surface area (Å²) >= 11 is 0. The van der Waals surface area contributed by atoms with Crippen LogP contribution < -0.4 is 0 Å². The van der Waals surface area contributed by atoms with E-state index in [1.165, 1.54) is 0 Å². The summed E-state index contributed by atoms with van der Waals surface area (Å²) in [6.07, 6.45) is -12.6. The molecular formula is C10H10O11. The van der Waals surface area contributed by atoms with E-state index in [0.717, 1.165) is 0 Å². The minimum absolute atomic E-state index is 1.42. The molecule has 0 aromatic carbocycles. The van der Waals surface area contributed by atoms with Crippen LogP contribution in [-0.2, 0) is 33.4 Å². The summed E-state index contributed by atoms with van der Waals surface area (Å²) in [6.45, 7) is 0. The Hall–Kier alpha value is -1.60. The first kappa shape index (κ1) is 15.8. The molecule has 6 unspecified atom stereocenters. The number of aliphatic hydroxyl groups is 4. The van der Waals surface area contributed by atoms with E-state index in [9.17, 15) is 29.4 Å². The van der Waals surface area contributed by atoms with Gasteiger partial charge in [0.15, 0.2) is 24.8 Å². The number of carbonyl (C=O) groups is 4. The van der Waals surface area contributed by atoms with Gasteiger partial charge in [-0.3, -0.25) is 19.2 Å². The van der Waals surface area contributed by atoms with Crippen LogP contribution in [0.5, 0.6) is 0 Å².